The fraction of sp³-hybridized carbons (Fsp3) is 0.0667. The van der Waals surface area contributed by atoms with E-state index in [9.17, 15) is 13.2 Å². The van der Waals surface area contributed by atoms with Crippen molar-refractivity contribution in [2.24, 2.45) is 0 Å². The summed E-state index contributed by atoms with van der Waals surface area (Å²) < 4.78 is 39.0. The molecule has 3 N–H and O–H groups in total. The first-order chi connectivity index (χ1) is 10.9. The Morgan fingerprint density at radius 2 is 1.61 bits per heavy atom. The van der Waals surface area contributed by atoms with E-state index in [0.717, 1.165) is 17.8 Å². The van der Waals surface area contributed by atoms with E-state index in [1.807, 2.05) is 30.3 Å². The standard InChI is InChI=1S/C15H12F3N5/c16-15(17,18)10-6-8-12(9-7-10)23-13(19)21-14(22-23)20-11-4-2-1-3-5-11/h1-9H,(H3,19,20,21,22). The quantitative estimate of drug-likeness (QED) is 0.774. The van der Waals surface area contributed by atoms with Gasteiger partial charge in [-0.3, -0.25) is 0 Å². The largest absolute Gasteiger partial charge is 0.416 e. The Labute approximate surface area is 129 Å². The van der Waals surface area contributed by atoms with Crippen molar-refractivity contribution < 1.29 is 13.2 Å². The third kappa shape index (κ3) is 3.25. The number of aromatic nitrogens is 3. The molecule has 0 aliphatic carbocycles. The van der Waals surface area contributed by atoms with E-state index in [-0.39, 0.29) is 11.9 Å². The predicted molar refractivity (Wildman–Crippen MR) is 80.5 cm³/mol. The highest BCUT2D eigenvalue weighted by Gasteiger charge is 2.30. The van der Waals surface area contributed by atoms with Crippen molar-refractivity contribution in [1.82, 2.24) is 14.8 Å². The number of hydrogen-bond donors (Lipinski definition) is 2. The first kappa shape index (κ1) is 14.9. The highest BCUT2D eigenvalue weighted by molar-refractivity contribution is 5.54. The number of halogens is 3. The Kier molecular flexibility index (Phi) is 3.65. The summed E-state index contributed by atoms with van der Waals surface area (Å²) in [6.45, 7) is 0. The summed E-state index contributed by atoms with van der Waals surface area (Å²) in [5.74, 6) is 0.330. The smallest absolute Gasteiger partial charge is 0.368 e. The second kappa shape index (κ2) is 5.64. The molecule has 5 nitrogen and oxygen atoms in total. The lowest BCUT2D eigenvalue weighted by molar-refractivity contribution is -0.137. The SMILES string of the molecule is Nc1nc(Nc2ccccc2)nn1-c1ccc(C(F)(F)F)cc1. The Balaban J connectivity index is 1.86. The molecule has 1 aromatic heterocycles. The van der Waals surface area contributed by atoms with Crippen molar-refractivity contribution in [2.45, 2.75) is 6.18 Å². The van der Waals surface area contributed by atoms with E-state index in [2.05, 4.69) is 15.4 Å². The zero-order chi connectivity index (χ0) is 16.4. The first-order valence-electron chi connectivity index (χ1n) is 6.66. The molecule has 0 radical (unpaired) electrons. The average Bonchev–Trinajstić information content (AvgIpc) is 2.88. The Morgan fingerprint density at radius 1 is 0.957 bits per heavy atom. The molecule has 0 fully saturated rings. The molecule has 1 heterocycles. The highest BCUT2D eigenvalue weighted by atomic mass is 19.4. The van der Waals surface area contributed by atoms with Gasteiger partial charge in [-0.2, -0.15) is 22.8 Å². The second-order valence-corrected chi connectivity index (χ2v) is 4.74. The highest BCUT2D eigenvalue weighted by Crippen LogP contribution is 2.29. The van der Waals surface area contributed by atoms with Crippen LogP contribution in [0.5, 0.6) is 0 Å². The fourth-order valence-electron chi connectivity index (χ4n) is 2.01. The molecule has 0 bridgehead atoms. The molecule has 3 rings (SSSR count). The molecular formula is C15H12F3N5. The molecule has 2 aromatic carbocycles. The number of para-hydroxylation sites is 1. The minimum absolute atomic E-state index is 0.0724. The molecule has 0 aliphatic rings. The van der Waals surface area contributed by atoms with Crippen LogP contribution in [0.4, 0.5) is 30.8 Å². The number of nitrogens with zero attached hydrogens (tertiary/aromatic N) is 3. The number of hydrogen-bond acceptors (Lipinski definition) is 4. The van der Waals surface area contributed by atoms with Crippen LogP contribution >= 0.6 is 0 Å². The van der Waals surface area contributed by atoms with Gasteiger partial charge >= 0.3 is 6.18 Å². The predicted octanol–water partition coefficient (Wildman–Crippen LogP) is 3.61. The maximum absolute atomic E-state index is 12.6. The van der Waals surface area contributed by atoms with Crippen LogP contribution in [-0.2, 0) is 6.18 Å². The van der Waals surface area contributed by atoms with E-state index in [4.69, 9.17) is 5.73 Å². The summed E-state index contributed by atoms with van der Waals surface area (Å²) in [5.41, 5.74) is 6.21. The lowest BCUT2D eigenvalue weighted by atomic mass is 10.2. The minimum Gasteiger partial charge on any atom is -0.368 e. The van der Waals surface area contributed by atoms with Crippen LogP contribution in [0.15, 0.2) is 54.6 Å². The van der Waals surface area contributed by atoms with Gasteiger partial charge in [0, 0.05) is 5.69 Å². The van der Waals surface area contributed by atoms with Crippen molar-refractivity contribution in [2.75, 3.05) is 11.1 Å². The Bertz CT molecular complexity index is 794. The van der Waals surface area contributed by atoms with E-state index < -0.39 is 11.7 Å². The lowest BCUT2D eigenvalue weighted by Gasteiger charge is -2.07. The van der Waals surface area contributed by atoms with Crippen LogP contribution in [0.3, 0.4) is 0 Å². The van der Waals surface area contributed by atoms with Gasteiger partial charge in [0.05, 0.1) is 11.3 Å². The van der Waals surface area contributed by atoms with Crippen LogP contribution in [0.1, 0.15) is 5.56 Å². The lowest BCUT2D eigenvalue weighted by Crippen LogP contribution is -2.06. The summed E-state index contributed by atoms with van der Waals surface area (Å²) in [4.78, 5) is 4.05. The number of alkyl halides is 3. The summed E-state index contributed by atoms with van der Waals surface area (Å²) >= 11 is 0. The molecule has 0 aliphatic heterocycles. The number of nitrogens with one attached hydrogen (secondary N) is 1. The molecule has 3 aromatic rings. The van der Waals surface area contributed by atoms with E-state index in [1.165, 1.54) is 16.8 Å². The molecular weight excluding hydrogens is 307 g/mol. The minimum atomic E-state index is -4.38. The number of benzene rings is 2. The van der Waals surface area contributed by atoms with Crippen LogP contribution < -0.4 is 11.1 Å². The molecule has 0 amide bonds. The van der Waals surface area contributed by atoms with Crippen molar-refractivity contribution >= 4 is 17.6 Å². The average molecular weight is 319 g/mol. The van der Waals surface area contributed by atoms with Gasteiger partial charge in [-0.25, -0.2) is 0 Å². The molecule has 8 heteroatoms. The van der Waals surface area contributed by atoms with Gasteiger partial charge in [-0.1, -0.05) is 18.2 Å². The first-order valence-corrected chi connectivity index (χ1v) is 6.66. The number of nitrogen functional groups attached to an aromatic ring is 1. The van der Waals surface area contributed by atoms with Gasteiger partial charge in [-0.15, -0.1) is 5.10 Å². The molecule has 23 heavy (non-hydrogen) atoms. The molecule has 0 spiro atoms. The Hall–Kier alpha value is -3.03. The molecule has 0 atom stereocenters. The third-order valence-electron chi connectivity index (χ3n) is 3.10. The zero-order valence-electron chi connectivity index (χ0n) is 11.7. The van der Waals surface area contributed by atoms with E-state index in [0.29, 0.717) is 5.69 Å². The second-order valence-electron chi connectivity index (χ2n) is 4.74. The molecule has 0 saturated heterocycles. The van der Waals surface area contributed by atoms with Gasteiger partial charge in [0.25, 0.3) is 0 Å². The van der Waals surface area contributed by atoms with Crippen LogP contribution in [0.25, 0.3) is 5.69 Å². The fourth-order valence-corrected chi connectivity index (χ4v) is 2.01. The topological polar surface area (TPSA) is 68.8 Å². The van der Waals surface area contributed by atoms with Gasteiger partial charge in [-0.05, 0) is 36.4 Å². The van der Waals surface area contributed by atoms with E-state index >= 15 is 0 Å². The van der Waals surface area contributed by atoms with Gasteiger partial charge in [0.2, 0.25) is 11.9 Å². The number of anilines is 3. The third-order valence-corrected chi connectivity index (χ3v) is 3.10. The van der Waals surface area contributed by atoms with Crippen LogP contribution in [0.2, 0.25) is 0 Å². The van der Waals surface area contributed by atoms with Crippen molar-refractivity contribution in [3.8, 4) is 5.69 Å². The normalized spacial score (nSPS) is 11.4. The van der Waals surface area contributed by atoms with Crippen molar-refractivity contribution in [3.63, 3.8) is 0 Å². The molecule has 0 unspecified atom stereocenters. The van der Waals surface area contributed by atoms with E-state index in [1.54, 1.807) is 0 Å². The molecule has 118 valence electrons. The van der Waals surface area contributed by atoms with Crippen molar-refractivity contribution in [3.05, 3.63) is 60.2 Å². The zero-order valence-corrected chi connectivity index (χ0v) is 11.7. The Morgan fingerprint density at radius 3 is 2.22 bits per heavy atom. The van der Waals surface area contributed by atoms with Gasteiger partial charge < -0.3 is 11.1 Å². The van der Waals surface area contributed by atoms with Crippen molar-refractivity contribution in [1.29, 1.82) is 0 Å². The molecule has 0 saturated carbocycles. The summed E-state index contributed by atoms with van der Waals surface area (Å²) in [5, 5.41) is 7.12. The maximum atomic E-state index is 12.6. The summed E-state index contributed by atoms with van der Waals surface area (Å²) in [6.07, 6.45) is -4.38. The maximum Gasteiger partial charge on any atom is 0.416 e. The summed E-state index contributed by atoms with van der Waals surface area (Å²) in [7, 11) is 0. The monoisotopic (exact) mass is 319 g/mol. The van der Waals surface area contributed by atoms with Crippen LogP contribution in [-0.4, -0.2) is 14.8 Å². The number of nitrogens with two attached hydrogens (primary N) is 1. The van der Waals surface area contributed by atoms with Gasteiger partial charge in [0.1, 0.15) is 0 Å². The number of rotatable bonds is 3. The van der Waals surface area contributed by atoms with Crippen LogP contribution in [0, 0.1) is 0 Å². The summed E-state index contributed by atoms with van der Waals surface area (Å²) in [6, 6.07) is 13.7. The van der Waals surface area contributed by atoms with Gasteiger partial charge in [0.15, 0.2) is 0 Å².